The Morgan fingerprint density at radius 3 is 2.65 bits per heavy atom. The van der Waals surface area contributed by atoms with Crippen LogP contribution in [0, 0.1) is 6.92 Å². The molecule has 0 atom stereocenters. The first kappa shape index (κ1) is 15.1. The Balaban J connectivity index is 1.90. The van der Waals surface area contributed by atoms with Crippen LogP contribution in [-0.4, -0.2) is 21.8 Å². The number of phenolic OH excluding ortho intramolecular Hbond substituents is 2. The summed E-state index contributed by atoms with van der Waals surface area (Å²) in [5.41, 5.74) is 6.21. The minimum atomic E-state index is -0.477. The van der Waals surface area contributed by atoms with Gasteiger partial charge in [-0.15, -0.1) is 0 Å². The minimum Gasteiger partial charge on any atom is -0.507 e. The van der Waals surface area contributed by atoms with Crippen LogP contribution >= 0.6 is 0 Å². The lowest BCUT2D eigenvalue weighted by atomic mass is 9.86. The van der Waals surface area contributed by atoms with Crippen LogP contribution in [0.25, 0.3) is 0 Å². The van der Waals surface area contributed by atoms with E-state index < -0.39 is 5.91 Å². The molecule has 5 heteroatoms. The molecule has 0 saturated heterocycles. The zero-order valence-electron chi connectivity index (χ0n) is 12.8. The van der Waals surface area contributed by atoms with Gasteiger partial charge < -0.3 is 10.2 Å². The van der Waals surface area contributed by atoms with Gasteiger partial charge in [0.2, 0.25) is 0 Å². The first-order valence-electron chi connectivity index (χ1n) is 7.54. The van der Waals surface area contributed by atoms with Crippen LogP contribution in [0.1, 0.15) is 39.9 Å². The SMILES string of the molecule is Cc1ccc(O)c2c1CCC/C2=N\NC(=O)c1ccccc1O. The first-order valence-corrected chi connectivity index (χ1v) is 7.54. The van der Waals surface area contributed by atoms with Crippen molar-refractivity contribution in [1.82, 2.24) is 5.43 Å². The van der Waals surface area contributed by atoms with Crippen molar-refractivity contribution in [3.63, 3.8) is 0 Å². The van der Waals surface area contributed by atoms with E-state index in [1.165, 1.54) is 12.1 Å². The fraction of sp³-hybridized carbons (Fsp3) is 0.222. The Labute approximate surface area is 134 Å². The number of nitrogens with zero attached hydrogens (tertiary/aromatic N) is 1. The molecule has 3 N–H and O–H groups in total. The van der Waals surface area contributed by atoms with E-state index in [1.807, 2.05) is 13.0 Å². The van der Waals surface area contributed by atoms with Gasteiger partial charge in [0.15, 0.2) is 0 Å². The molecule has 0 saturated carbocycles. The summed E-state index contributed by atoms with van der Waals surface area (Å²) in [5, 5.41) is 24.0. The average Bonchev–Trinajstić information content (AvgIpc) is 2.56. The van der Waals surface area contributed by atoms with E-state index >= 15 is 0 Å². The van der Waals surface area contributed by atoms with Crippen LogP contribution < -0.4 is 5.43 Å². The summed E-state index contributed by atoms with van der Waals surface area (Å²) >= 11 is 0. The standard InChI is InChI=1S/C18H18N2O3/c1-11-9-10-16(22)17-12(11)6-4-7-14(17)19-20-18(23)13-5-2-3-8-15(13)21/h2-3,5,8-10,21-22H,4,6-7H2,1H3,(H,20,23)/b19-14+. The lowest BCUT2D eigenvalue weighted by molar-refractivity contribution is 0.0952. The molecular formula is C18H18N2O3. The fourth-order valence-corrected chi connectivity index (χ4v) is 2.90. The Hall–Kier alpha value is -2.82. The maximum Gasteiger partial charge on any atom is 0.275 e. The molecular weight excluding hydrogens is 292 g/mol. The second-order valence-electron chi connectivity index (χ2n) is 5.63. The highest BCUT2D eigenvalue weighted by atomic mass is 16.3. The molecule has 0 bridgehead atoms. The molecule has 3 rings (SSSR count). The summed E-state index contributed by atoms with van der Waals surface area (Å²) in [6.45, 7) is 2.00. The van der Waals surface area contributed by atoms with Gasteiger partial charge >= 0.3 is 0 Å². The van der Waals surface area contributed by atoms with Gasteiger partial charge in [0.25, 0.3) is 5.91 Å². The Kier molecular flexibility index (Phi) is 4.02. The zero-order valence-corrected chi connectivity index (χ0v) is 12.8. The summed E-state index contributed by atoms with van der Waals surface area (Å²) in [5.74, 6) is -0.386. The van der Waals surface area contributed by atoms with Crippen LogP contribution in [0.5, 0.6) is 11.5 Å². The lowest BCUT2D eigenvalue weighted by Crippen LogP contribution is -2.22. The number of aromatic hydroxyl groups is 2. The monoisotopic (exact) mass is 310 g/mol. The smallest absolute Gasteiger partial charge is 0.275 e. The molecule has 0 aromatic heterocycles. The Bertz CT molecular complexity index is 797. The number of hydrogen-bond donors (Lipinski definition) is 3. The predicted molar refractivity (Wildman–Crippen MR) is 87.9 cm³/mol. The number of nitrogens with one attached hydrogen (secondary N) is 1. The molecule has 0 spiro atoms. The number of aryl methyl sites for hydroxylation is 1. The number of fused-ring (bicyclic) bond motifs is 1. The Morgan fingerprint density at radius 1 is 1.09 bits per heavy atom. The molecule has 2 aromatic rings. The van der Waals surface area contributed by atoms with Gasteiger partial charge in [-0.05, 0) is 55.5 Å². The normalized spacial score (nSPS) is 15.3. The quantitative estimate of drug-likeness (QED) is 0.746. The van der Waals surface area contributed by atoms with Gasteiger partial charge in [-0.2, -0.15) is 5.10 Å². The van der Waals surface area contributed by atoms with Crippen molar-refractivity contribution in [3.05, 3.63) is 58.7 Å². The van der Waals surface area contributed by atoms with Gasteiger partial charge in [0.05, 0.1) is 11.3 Å². The largest absolute Gasteiger partial charge is 0.507 e. The lowest BCUT2D eigenvalue weighted by Gasteiger charge is -2.21. The van der Waals surface area contributed by atoms with E-state index in [0.717, 1.165) is 24.0 Å². The summed E-state index contributed by atoms with van der Waals surface area (Å²) in [7, 11) is 0. The van der Waals surface area contributed by atoms with Gasteiger partial charge in [0.1, 0.15) is 11.5 Å². The second-order valence-corrected chi connectivity index (χ2v) is 5.63. The van der Waals surface area contributed by atoms with Crippen LogP contribution in [0.2, 0.25) is 0 Å². The van der Waals surface area contributed by atoms with Gasteiger partial charge in [-0.1, -0.05) is 18.2 Å². The van der Waals surface area contributed by atoms with Crippen LogP contribution in [0.15, 0.2) is 41.5 Å². The molecule has 0 radical (unpaired) electrons. The van der Waals surface area contributed by atoms with Crippen molar-refractivity contribution in [1.29, 1.82) is 0 Å². The third-order valence-electron chi connectivity index (χ3n) is 4.10. The average molecular weight is 310 g/mol. The number of amides is 1. The summed E-state index contributed by atoms with van der Waals surface area (Å²) in [6.07, 6.45) is 2.50. The van der Waals surface area contributed by atoms with E-state index in [1.54, 1.807) is 18.2 Å². The molecule has 1 aliphatic rings. The highest BCUT2D eigenvalue weighted by Crippen LogP contribution is 2.31. The third-order valence-corrected chi connectivity index (χ3v) is 4.10. The summed E-state index contributed by atoms with van der Waals surface area (Å²) < 4.78 is 0. The van der Waals surface area contributed by atoms with Crippen molar-refractivity contribution < 1.29 is 15.0 Å². The molecule has 0 fully saturated rings. The number of carbonyl (C=O) groups is 1. The number of para-hydroxylation sites is 1. The van der Waals surface area contributed by atoms with E-state index in [0.29, 0.717) is 17.7 Å². The second kappa shape index (κ2) is 6.12. The predicted octanol–water partition coefficient (Wildman–Crippen LogP) is 2.88. The van der Waals surface area contributed by atoms with Crippen molar-refractivity contribution in [2.45, 2.75) is 26.2 Å². The Morgan fingerprint density at radius 2 is 1.87 bits per heavy atom. The van der Waals surface area contributed by atoms with Crippen molar-refractivity contribution >= 4 is 11.6 Å². The number of rotatable bonds is 2. The number of hydrazone groups is 1. The van der Waals surface area contributed by atoms with Crippen LogP contribution in [-0.2, 0) is 6.42 Å². The van der Waals surface area contributed by atoms with Crippen LogP contribution in [0.3, 0.4) is 0 Å². The number of hydrogen-bond acceptors (Lipinski definition) is 4. The van der Waals surface area contributed by atoms with Crippen LogP contribution in [0.4, 0.5) is 0 Å². The van der Waals surface area contributed by atoms with E-state index in [-0.39, 0.29) is 17.1 Å². The third kappa shape index (κ3) is 2.90. The topological polar surface area (TPSA) is 81.9 Å². The van der Waals surface area contributed by atoms with Gasteiger partial charge in [-0.3, -0.25) is 4.79 Å². The van der Waals surface area contributed by atoms with E-state index in [2.05, 4.69) is 10.5 Å². The van der Waals surface area contributed by atoms with Gasteiger partial charge in [0, 0.05) is 5.56 Å². The molecule has 0 unspecified atom stereocenters. The first-order chi connectivity index (χ1) is 11.1. The van der Waals surface area contributed by atoms with Crippen molar-refractivity contribution in [2.24, 2.45) is 5.10 Å². The highest BCUT2D eigenvalue weighted by Gasteiger charge is 2.21. The van der Waals surface area contributed by atoms with Crippen molar-refractivity contribution in [3.8, 4) is 11.5 Å². The summed E-state index contributed by atoms with van der Waals surface area (Å²) in [6, 6.07) is 9.84. The number of phenols is 2. The molecule has 5 nitrogen and oxygen atoms in total. The molecule has 1 aliphatic carbocycles. The summed E-state index contributed by atoms with van der Waals surface area (Å²) in [4.78, 5) is 12.1. The maximum absolute atomic E-state index is 12.1. The van der Waals surface area contributed by atoms with E-state index in [9.17, 15) is 15.0 Å². The molecule has 118 valence electrons. The molecule has 0 aliphatic heterocycles. The number of benzene rings is 2. The molecule has 1 amide bonds. The molecule has 23 heavy (non-hydrogen) atoms. The molecule has 2 aromatic carbocycles. The maximum atomic E-state index is 12.1. The van der Waals surface area contributed by atoms with E-state index in [4.69, 9.17) is 0 Å². The minimum absolute atomic E-state index is 0.0899. The highest BCUT2D eigenvalue weighted by molar-refractivity contribution is 6.06. The fourth-order valence-electron chi connectivity index (χ4n) is 2.90. The van der Waals surface area contributed by atoms with Gasteiger partial charge in [-0.25, -0.2) is 5.43 Å². The number of carbonyl (C=O) groups excluding carboxylic acids is 1. The zero-order chi connectivity index (χ0) is 16.4. The van der Waals surface area contributed by atoms with Crippen molar-refractivity contribution in [2.75, 3.05) is 0 Å². The molecule has 0 heterocycles.